The van der Waals surface area contributed by atoms with Crippen LogP contribution < -0.4 is 4.90 Å². The minimum absolute atomic E-state index is 0.00682. The third kappa shape index (κ3) is 2.06. The number of anilines is 1. The Morgan fingerprint density at radius 1 is 1.27 bits per heavy atom. The molecule has 3 aliphatic rings. The van der Waals surface area contributed by atoms with Gasteiger partial charge in [0.25, 0.3) is 5.92 Å². The number of aryl methyl sites for hydroxylation is 1. The Balaban J connectivity index is 1.49. The Morgan fingerprint density at radius 3 is 2.77 bits per heavy atom. The van der Waals surface area contributed by atoms with E-state index in [-0.39, 0.29) is 11.9 Å². The maximum Gasteiger partial charge on any atom is 0.255 e. The Bertz CT molecular complexity index is 602. The fraction of sp³-hybridized carbons (Fsp3) is 0.733. The van der Waals surface area contributed by atoms with E-state index in [2.05, 4.69) is 5.10 Å². The van der Waals surface area contributed by atoms with Crippen molar-refractivity contribution < 1.29 is 13.6 Å². The molecule has 0 bridgehead atoms. The molecule has 0 spiro atoms. The Morgan fingerprint density at radius 2 is 2.09 bits per heavy atom. The van der Waals surface area contributed by atoms with Gasteiger partial charge < -0.3 is 0 Å². The number of rotatable bonds is 2. The molecule has 2 aliphatic heterocycles. The molecule has 1 aliphatic carbocycles. The lowest BCUT2D eigenvalue weighted by atomic mass is 10.00. The molecule has 0 aromatic carbocycles. The summed E-state index contributed by atoms with van der Waals surface area (Å²) in [5, 5.41) is 4.29. The average Bonchev–Trinajstić information content (AvgIpc) is 2.82. The van der Waals surface area contributed by atoms with Gasteiger partial charge >= 0.3 is 0 Å². The number of piperidine rings is 2. The van der Waals surface area contributed by atoms with E-state index < -0.39 is 17.8 Å². The summed E-state index contributed by atoms with van der Waals surface area (Å²) in [5.74, 6) is -2.84. The first-order valence-electron chi connectivity index (χ1n) is 7.91. The monoisotopic (exact) mass is 310 g/mol. The van der Waals surface area contributed by atoms with Crippen LogP contribution in [0.5, 0.6) is 0 Å². The number of likely N-dealkylation sites (tertiary alicyclic amines) is 1. The van der Waals surface area contributed by atoms with Crippen LogP contribution in [0.4, 0.5) is 14.6 Å². The largest absolute Gasteiger partial charge is 0.294 e. The van der Waals surface area contributed by atoms with Gasteiger partial charge in [-0.05, 0) is 25.8 Å². The lowest BCUT2D eigenvalue weighted by molar-refractivity contribution is -0.126. The van der Waals surface area contributed by atoms with E-state index in [0.717, 1.165) is 12.8 Å². The van der Waals surface area contributed by atoms with Crippen molar-refractivity contribution in [1.29, 1.82) is 0 Å². The summed E-state index contributed by atoms with van der Waals surface area (Å²) in [6.07, 6.45) is 3.95. The van der Waals surface area contributed by atoms with Crippen molar-refractivity contribution in [2.75, 3.05) is 24.5 Å². The van der Waals surface area contributed by atoms with E-state index in [4.69, 9.17) is 0 Å². The van der Waals surface area contributed by atoms with Gasteiger partial charge in [-0.1, -0.05) is 0 Å². The number of hydrogen-bond donors (Lipinski definition) is 0. The summed E-state index contributed by atoms with van der Waals surface area (Å²) in [5.41, 5.74) is 0. The summed E-state index contributed by atoms with van der Waals surface area (Å²) in [7, 11) is 1.81. The molecular weight excluding hydrogens is 290 g/mol. The van der Waals surface area contributed by atoms with Crippen molar-refractivity contribution in [3.8, 4) is 0 Å². The minimum Gasteiger partial charge on any atom is -0.294 e. The van der Waals surface area contributed by atoms with Crippen LogP contribution in [0.2, 0.25) is 0 Å². The molecule has 120 valence electrons. The molecule has 3 heterocycles. The van der Waals surface area contributed by atoms with Crippen molar-refractivity contribution in [3.63, 3.8) is 0 Å². The SMILES string of the molecule is Cn1ccc(N2CCC[C@H](N3CC[C@H]4[C@H](C3)C4(F)F)C2=O)n1. The number of hydrogen-bond acceptors (Lipinski definition) is 3. The van der Waals surface area contributed by atoms with Crippen molar-refractivity contribution in [3.05, 3.63) is 12.3 Å². The third-order valence-corrected chi connectivity index (χ3v) is 5.35. The summed E-state index contributed by atoms with van der Waals surface area (Å²) < 4.78 is 28.8. The lowest BCUT2D eigenvalue weighted by Gasteiger charge is -2.38. The van der Waals surface area contributed by atoms with Crippen LogP contribution in [-0.4, -0.2) is 52.2 Å². The van der Waals surface area contributed by atoms with Crippen LogP contribution in [-0.2, 0) is 11.8 Å². The summed E-state index contributed by atoms with van der Waals surface area (Å²) in [4.78, 5) is 16.4. The van der Waals surface area contributed by atoms with E-state index in [1.807, 2.05) is 24.2 Å². The number of carbonyl (C=O) groups excluding carboxylic acids is 1. The van der Waals surface area contributed by atoms with E-state index in [0.29, 0.717) is 31.9 Å². The van der Waals surface area contributed by atoms with Crippen LogP contribution in [0.15, 0.2) is 12.3 Å². The van der Waals surface area contributed by atoms with E-state index in [1.165, 1.54) is 0 Å². The molecule has 0 radical (unpaired) electrons. The van der Waals surface area contributed by atoms with Gasteiger partial charge in [-0.15, -0.1) is 0 Å². The van der Waals surface area contributed by atoms with Crippen molar-refractivity contribution >= 4 is 11.7 Å². The molecule has 5 nitrogen and oxygen atoms in total. The molecule has 1 aromatic rings. The van der Waals surface area contributed by atoms with Crippen molar-refractivity contribution in [2.24, 2.45) is 18.9 Å². The highest BCUT2D eigenvalue weighted by atomic mass is 19.3. The molecule has 1 amide bonds. The van der Waals surface area contributed by atoms with Gasteiger partial charge in [-0.25, -0.2) is 8.78 Å². The van der Waals surface area contributed by atoms with Gasteiger partial charge in [0.05, 0.1) is 6.04 Å². The quantitative estimate of drug-likeness (QED) is 0.831. The first kappa shape index (κ1) is 14.1. The van der Waals surface area contributed by atoms with Crippen LogP contribution >= 0.6 is 0 Å². The second kappa shape index (κ2) is 4.75. The zero-order valence-corrected chi connectivity index (χ0v) is 12.6. The smallest absolute Gasteiger partial charge is 0.255 e. The standard InChI is InChI=1S/C15H20F2N4O/c1-19-7-5-13(18-19)21-6-2-3-12(14(21)22)20-8-4-10-11(9-20)15(10,16)17/h5,7,10-12H,2-4,6,8-9H2,1H3/t10-,11-,12-/m0/s1. The van der Waals surface area contributed by atoms with Gasteiger partial charge in [0.1, 0.15) is 0 Å². The number of halogens is 2. The predicted octanol–water partition coefficient (Wildman–Crippen LogP) is 1.50. The predicted molar refractivity (Wildman–Crippen MR) is 76.7 cm³/mol. The minimum atomic E-state index is -2.51. The highest BCUT2D eigenvalue weighted by Gasteiger charge is 2.69. The molecule has 7 heteroatoms. The molecule has 1 saturated carbocycles. The number of carbonyl (C=O) groups is 1. The molecule has 22 heavy (non-hydrogen) atoms. The van der Waals surface area contributed by atoms with E-state index in [1.54, 1.807) is 9.58 Å². The Hall–Kier alpha value is -1.50. The second-order valence-corrected chi connectivity index (χ2v) is 6.67. The van der Waals surface area contributed by atoms with E-state index >= 15 is 0 Å². The topological polar surface area (TPSA) is 41.4 Å². The highest BCUT2D eigenvalue weighted by molar-refractivity contribution is 5.97. The Kier molecular flexibility index (Phi) is 3.04. The summed E-state index contributed by atoms with van der Waals surface area (Å²) >= 11 is 0. The number of nitrogens with zero attached hydrogens (tertiary/aromatic N) is 4. The molecular formula is C15H20F2N4O. The highest BCUT2D eigenvalue weighted by Crippen LogP contribution is 2.59. The molecule has 3 fully saturated rings. The first-order valence-corrected chi connectivity index (χ1v) is 7.91. The van der Waals surface area contributed by atoms with Gasteiger partial charge in [0, 0.05) is 44.2 Å². The number of amides is 1. The molecule has 4 rings (SSSR count). The Labute approximate surface area is 127 Å². The van der Waals surface area contributed by atoms with Crippen molar-refractivity contribution in [1.82, 2.24) is 14.7 Å². The van der Waals surface area contributed by atoms with Crippen LogP contribution in [0.3, 0.4) is 0 Å². The maximum atomic E-state index is 13.5. The third-order valence-electron chi connectivity index (χ3n) is 5.35. The normalized spacial score (nSPS) is 34.6. The summed E-state index contributed by atoms with van der Waals surface area (Å²) in [6.45, 7) is 1.61. The molecule has 2 saturated heterocycles. The van der Waals surface area contributed by atoms with Crippen LogP contribution in [0, 0.1) is 11.8 Å². The fourth-order valence-corrected chi connectivity index (χ4v) is 4.00. The molecule has 0 unspecified atom stereocenters. The zero-order valence-electron chi connectivity index (χ0n) is 12.6. The average molecular weight is 310 g/mol. The zero-order chi connectivity index (χ0) is 15.5. The second-order valence-electron chi connectivity index (χ2n) is 6.67. The van der Waals surface area contributed by atoms with Crippen LogP contribution in [0.1, 0.15) is 19.3 Å². The lowest BCUT2D eigenvalue weighted by Crippen LogP contribution is -2.54. The van der Waals surface area contributed by atoms with Gasteiger partial charge in [0.15, 0.2) is 5.82 Å². The molecule has 1 aromatic heterocycles. The molecule has 3 atom stereocenters. The van der Waals surface area contributed by atoms with Gasteiger partial charge in [-0.2, -0.15) is 5.10 Å². The van der Waals surface area contributed by atoms with Gasteiger partial charge in [0.2, 0.25) is 5.91 Å². The number of aromatic nitrogens is 2. The van der Waals surface area contributed by atoms with Crippen LogP contribution in [0.25, 0.3) is 0 Å². The molecule has 0 N–H and O–H groups in total. The van der Waals surface area contributed by atoms with E-state index in [9.17, 15) is 13.6 Å². The van der Waals surface area contributed by atoms with Crippen molar-refractivity contribution in [2.45, 2.75) is 31.2 Å². The van der Waals surface area contributed by atoms with Gasteiger partial charge in [-0.3, -0.25) is 19.3 Å². The number of fused-ring (bicyclic) bond motifs is 1. The maximum absolute atomic E-state index is 13.5. The number of alkyl halides is 2. The summed E-state index contributed by atoms with van der Waals surface area (Å²) in [6, 6.07) is 1.55. The first-order chi connectivity index (χ1) is 10.5. The fourth-order valence-electron chi connectivity index (χ4n) is 4.00.